The third-order valence-corrected chi connectivity index (χ3v) is 6.90. The molecule has 0 radical (unpaired) electrons. The summed E-state index contributed by atoms with van der Waals surface area (Å²) in [6.45, 7) is 3.83. The van der Waals surface area contributed by atoms with Gasteiger partial charge in [0.1, 0.15) is 11.4 Å². The summed E-state index contributed by atoms with van der Waals surface area (Å²) in [5, 5.41) is 10.8. The van der Waals surface area contributed by atoms with Gasteiger partial charge in [-0.1, -0.05) is 12.1 Å². The molecule has 0 amide bonds. The second kappa shape index (κ2) is 4.82. The average Bonchev–Trinajstić information content (AvgIpc) is 2.30. The van der Waals surface area contributed by atoms with Crippen molar-refractivity contribution in [2.45, 2.75) is 29.9 Å². The highest BCUT2D eigenvalue weighted by Crippen LogP contribution is 2.52. The van der Waals surface area contributed by atoms with Gasteiger partial charge < -0.3 is 5.11 Å². The van der Waals surface area contributed by atoms with Crippen molar-refractivity contribution in [2.24, 2.45) is 0 Å². The highest BCUT2D eigenvalue weighted by molar-refractivity contribution is 8.18. The van der Waals surface area contributed by atoms with Crippen molar-refractivity contribution in [2.75, 3.05) is 11.5 Å². The third-order valence-electron chi connectivity index (χ3n) is 3.31. The Kier molecular flexibility index (Phi) is 3.76. The van der Waals surface area contributed by atoms with E-state index in [-0.39, 0.29) is 9.90 Å². The van der Waals surface area contributed by atoms with Gasteiger partial charge >= 0.3 is 0 Å². The predicted octanol–water partition coefficient (Wildman–Crippen LogP) is 3.62. The molecule has 1 N–H and O–H groups in total. The summed E-state index contributed by atoms with van der Waals surface area (Å²) in [6.07, 6.45) is 1.17. The Balaban J connectivity index is 2.34. The Bertz CT molecular complexity index is 400. The zero-order valence-electron chi connectivity index (χ0n) is 10.1. The summed E-state index contributed by atoms with van der Waals surface area (Å²) in [4.78, 5) is 0. The summed E-state index contributed by atoms with van der Waals surface area (Å²) in [5.41, 5.74) is -0.368. The van der Waals surface area contributed by atoms with Crippen molar-refractivity contribution in [3.05, 3.63) is 35.6 Å². The van der Waals surface area contributed by atoms with E-state index in [0.717, 1.165) is 11.5 Å². The minimum atomic E-state index is -1.02. The monoisotopic (exact) mass is 272 g/mol. The number of halogens is 1. The smallest absolute Gasteiger partial charge is 0.123 e. The molecular weight excluding hydrogens is 255 g/mol. The lowest BCUT2D eigenvalue weighted by atomic mass is 9.92. The molecular formula is C13H17FOS2. The average molecular weight is 272 g/mol. The first kappa shape index (κ1) is 13.2. The van der Waals surface area contributed by atoms with Gasteiger partial charge in [0.25, 0.3) is 0 Å². The highest BCUT2D eigenvalue weighted by Gasteiger charge is 2.46. The number of thioether (sulfide) groups is 2. The van der Waals surface area contributed by atoms with Crippen LogP contribution in [0.2, 0.25) is 0 Å². The number of benzene rings is 1. The van der Waals surface area contributed by atoms with Crippen LogP contribution in [0.3, 0.4) is 0 Å². The van der Waals surface area contributed by atoms with Gasteiger partial charge in [0.2, 0.25) is 0 Å². The highest BCUT2D eigenvalue weighted by atomic mass is 32.2. The number of aliphatic hydroxyl groups is 1. The zero-order valence-corrected chi connectivity index (χ0v) is 11.7. The molecule has 0 saturated carbocycles. The van der Waals surface area contributed by atoms with Crippen LogP contribution >= 0.6 is 23.5 Å². The maximum atomic E-state index is 13.3. The molecule has 1 heterocycles. The van der Waals surface area contributed by atoms with Gasteiger partial charge in [-0.05, 0) is 49.5 Å². The van der Waals surface area contributed by atoms with Crippen molar-refractivity contribution in [1.82, 2.24) is 0 Å². The van der Waals surface area contributed by atoms with Gasteiger partial charge in [0, 0.05) is 0 Å². The maximum absolute atomic E-state index is 13.3. The Morgan fingerprint density at radius 2 is 2.00 bits per heavy atom. The van der Waals surface area contributed by atoms with E-state index < -0.39 is 5.60 Å². The third kappa shape index (κ3) is 2.49. The molecule has 0 spiro atoms. The van der Waals surface area contributed by atoms with Crippen LogP contribution in [0, 0.1) is 5.82 Å². The van der Waals surface area contributed by atoms with E-state index in [9.17, 15) is 9.50 Å². The first-order chi connectivity index (χ1) is 7.96. The fourth-order valence-corrected chi connectivity index (χ4v) is 5.14. The molecule has 1 saturated heterocycles. The predicted molar refractivity (Wildman–Crippen MR) is 73.9 cm³/mol. The fourth-order valence-electron chi connectivity index (χ4n) is 1.97. The molecule has 1 aromatic carbocycles. The molecule has 2 rings (SSSR count). The minimum absolute atomic E-state index is 0.294. The van der Waals surface area contributed by atoms with Crippen molar-refractivity contribution in [1.29, 1.82) is 0 Å². The van der Waals surface area contributed by atoms with E-state index >= 15 is 0 Å². The quantitative estimate of drug-likeness (QED) is 0.888. The van der Waals surface area contributed by atoms with Gasteiger partial charge in [0.15, 0.2) is 0 Å². The Morgan fingerprint density at radius 1 is 1.35 bits per heavy atom. The van der Waals surface area contributed by atoms with Crippen LogP contribution in [-0.2, 0) is 5.60 Å². The van der Waals surface area contributed by atoms with Crippen LogP contribution in [0.4, 0.5) is 4.39 Å². The van der Waals surface area contributed by atoms with Crippen LogP contribution in [0.15, 0.2) is 24.3 Å². The first-order valence-electron chi connectivity index (χ1n) is 5.72. The van der Waals surface area contributed by atoms with E-state index in [1.165, 1.54) is 18.6 Å². The molecule has 1 aliphatic rings. The molecule has 0 aliphatic carbocycles. The molecule has 17 heavy (non-hydrogen) atoms. The SMILES string of the molecule is CC1(C(C)(O)c2cccc(F)c2)SCCCS1. The largest absolute Gasteiger partial charge is 0.383 e. The second-order valence-corrected chi connectivity index (χ2v) is 7.86. The Morgan fingerprint density at radius 3 is 2.59 bits per heavy atom. The van der Waals surface area contributed by atoms with Crippen LogP contribution in [0.25, 0.3) is 0 Å². The molecule has 94 valence electrons. The van der Waals surface area contributed by atoms with E-state index in [1.54, 1.807) is 42.6 Å². The normalized spacial score (nSPS) is 23.1. The lowest BCUT2D eigenvalue weighted by Crippen LogP contribution is -2.44. The van der Waals surface area contributed by atoms with E-state index in [0.29, 0.717) is 5.56 Å². The Labute approximate surface area is 110 Å². The standard InChI is InChI=1S/C13H17FOS2/c1-12(15,10-5-3-6-11(14)9-10)13(2)16-7-4-8-17-13/h3,5-6,9,15H,4,7-8H2,1-2H3. The van der Waals surface area contributed by atoms with E-state index in [2.05, 4.69) is 0 Å². The van der Waals surface area contributed by atoms with Crippen LogP contribution in [0.1, 0.15) is 25.8 Å². The molecule has 1 unspecified atom stereocenters. The van der Waals surface area contributed by atoms with E-state index in [4.69, 9.17) is 0 Å². The van der Waals surface area contributed by atoms with Crippen molar-refractivity contribution in [3.63, 3.8) is 0 Å². The molecule has 0 bridgehead atoms. The lowest BCUT2D eigenvalue weighted by Gasteiger charge is -2.44. The molecule has 1 aromatic rings. The van der Waals surface area contributed by atoms with Crippen LogP contribution in [-0.4, -0.2) is 20.7 Å². The zero-order chi connectivity index (χ0) is 12.5. The number of hydrogen-bond acceptors (Lipinski definition) is 3. The van der Waals surface area contributed by atoms with Gasteiger partial charge in [-0.15, -0.1) is 23.5 Å². The van der Waals surface area contributed by atoms with Gasteiger partial charge in [-0.3, -0.25) is 0 Å². The van der Waals surface area contributed by atoms with Crippen LogP contribution in [0.5, 0.6) is 0 Å². The number of rotatable bonds is 2. The minimum Gasteiger partial charge on any atom is -0.383 e. The summed E-state index contributed by atoms with van der Waals surface area (Å²) in [6, 6.07) is 6.29. The summed E-state index contributed by atoms with van der Waals surface area (Å²) in [7, 11) is 0. The second-order valence-electron chi connectivity index (χ2n) is 4.58. The molecule has 0 aromatic heterocycles. The maximum Gasteiger partial charge on any atom is 0.123 e. The van der Waals surface area contributed by atoms with Gasteiger partial charge in [-0.25, -0.2) is 4.39 Å². The molecule has 1 aliphatic heterocycles. The van der Waals surface area contributed by atoms with Crippen molar-refractivity contribution < 1.29 is 9.50 Å². The number of hydrogen-bond donors (Lipinski definition) is 1. The molecule has 1 fully saturated rings. The molecule has 4 heteroatoms. The summed E-state index contributed by atoms with van der Waals surface area (Å²) < 4.78 is 13.0. The Hall–Kier alpha value is -0.190. The van der Waals surface area contributed by atoms with Gasteiger partial charge in [0.05, 0.1) is 4.08 Å². The first-order valence-corrected chi connectivity index (χ1v) is 7.69. The van der Waals surface area contributed by atoms with E-state index in [1.807, 2.05) is 6.92 Å². The lowest BCUT2D eigenvalue weighted by molar-refractivity contribution is 0.0484. The summed E-state index contributed by atoms with van der Waals surface area (Å²) >= 11 is 3.53. The molecule has 1 nitrogen and oxygen atoms in total. The van der Waals surface area contributed by atoms with Gasteiger partial charge in [-0.2, -0.15) is 0 Å². The fraction of sp³-hybridized carbons (Fsp3) is 0.538. The van der Waals surface area contributed by atoms with Crippen molar-refractivity contribution >= 4 is 23.5 Å². The van der Waals surface area contributed by atoms with Crippen LogP contribution < -0.4 is 0 Å². The summed E-state index contributed by atoms with van der Waals surface area (Å²) in [5.74, 6) is 1.81. The topological polar surface area (TPSA) is 20.2 Å². The molecule has 1 atom stereocenters. The van der Waals surface area contributed by atoms with Crippen molar-refractivity contribution in [3.8, 4) is 0 Å².